The standard InChI is InChI=1S/C38H37N5O3/c1-23(2)35(42-38(45)46-3)37(44)43-20-8-13-33(43)36-40-30-19-17-26(22-32(30)41-36)25-16-18-29-27(21-25)15-14-24-9-7-12-31(34(24)29)39-28-10-5-4-6-11-28/h4-7,9-12,14-19,21-23,33,35,39H,8,13,20H2,1-3H3,(H,40,41)(H,42,45)/t33-,35-/m0/s1. The molecule has 8 nitrogen and oxygen atoms in total. The molecule has 46 heavy (non-hydrogen) atoms. The van der Waals surface area contributed by atoms with Crippen molar-refractivity contribution in [1.29, 1.82) is 0 Å². The number of carbonyl (C=O) groups excluding carboxylic acids is 2. The number of alkyl carbamates (subject to hydrolysis) is 1. The van der Waals surface area contributed by atoms with Crippen LogP contribution in [0.2, 0.25) is 0 Å². The number of carbonyl (C=O) groups is 2. The third-order valence-corrected chi connectivity index (χ3v) is 8.99. The third-order valence-electron chi connectivity index (χ3n) is 8.99. The van der Waals surface area contributed by atoms with Crippen molar-refractivity contribution in [2.24, 2.45) is 5.92 Å². The monoisotopic (exact) mass is 611 g/mol. The number of rotatable bonds is 7. The molecule has 232 valence electrons. The van der Waals surface area contributed by atoms with Gasteiger partial charge in [0.1, 0.15) is 11.9 Å². The van der Waals surface area contributed by atoms with E-state index in [2.05, 4.69) is 88.4 Å². The second-order valence-corrected chi connectivity index (χ2v) is 12.3. The van der Waals surface area contributed by atoms with Gasteiger partial charge in [-0.25, -0.2) is 9.78 Å². The molecule has 2 atom stereocenters. The molecule has 1 aliphatic rings. The van der Waals surface area contributed by atoms with Gasteiger partial charge in [0.05, 0.1) is 24.2 Å². The second kappa shape index (κ2) is 12.2. The number of hydrogen-bond acceptors (Lipinski definition) is 5. The maximum atomic E-state index is 13.6. The molecule has 1 saturated heterocycles. The van der Waals surface area contributed by atoms with Crippen LogP contribution in [0.5, 0.6) is 0 Å². The molecule has 1 aromatic heterocycles. The number of para-hydroxylation sites is 1. The number of H-pyrrole nitrogens is 1. The Morgan fingerprint density at radius 2 is 1.70 bits per heavy atom. The minimum absolute atomic E-state index is 0.0854. The van der Waals surface area contributed by atoms with Gasteiger partial charge in [-0.1, -0.05) is 74.5 Å². The molecular formula is C38H37N5O3. The fourth-order valence-electron chi connectivity index (χ4n) is 6.64. The van der Waals surface area contributed by atoms with E-state index in [-0.39, 0.29) is 17.9 Å². The van der Waals surface area contributed by atoms with E-state index in [1.165, 1.54) is 23.3 Å². The summed E-state index contributed by atoms with van der Waals surface area (Å²) in [6.07, 6.45) is 1.07. The molecule has 0 radical (unpaired) electrons. The molecule has 2 amide bonds. The van der Waals surface area contributed by atoms with Gasteiger partial charge >= 0.3 is 6.09 Å². The van der Waals surface area contributed by atoms with Gasteiger partial charge in [0, 0.05) is 23.3 Å². The summed E-state index contributed by atoms with van der Waals surface area (Å²) < 4.78 is 4.77. The highest BCUT2D eigenvalue weighted by Crippen LogP contribution is 2.37. The zero-order chi connectivity index (χ0) is 31.8. The van der Waals surface area contributed by atoms with Crippen molar-refractivity contribution in [3.8, 4) is 11.1 Å². The number of hydrogen-bond donors (Lipinski definition) is 3. The zero-order valence-corrected chi connectivity index (χ0v) is 26.2. The van der Waals surface area contributed by atoms with Crippen LogP contribution in [-0.2, 0) is 9.53 Å². The van der Waals surface area contributed by atoms with Crippen LogP contribution in [0.3, 0.4) is 0 Å². The minimum Gasteiger partial charge on any atom is -0.453 e. The number of aromatic nitrogens is 2. The van der Waals surface area contributed by atoms with Crippen LogP contribution >= 0.6 is 0 Å². The van der Waals surface area contributed by atoms with Gasteiger partial charge in [0.2, 0.25) is 5.91 Å². The Morgan fingerprint density at radius 3 is 2.50 bits per heavy atom. The second-order valence-electron chi connectivity index (χ2n) is 12.3. The smallest absolute Gasteiger partial charge is 0.407 e. The van der Waals surface area contributed by atoms with Crippen molar-refractivity contribution in [1.82, 2.24) is 20.2 Å². The van der Waals surface area contributed by atoms with Gasteiger partial charge in [-0.3, -0.25) is 4.79 Å². The summed E-state index contributed by atoms with van der Waals surface area (Å²) in [6.45, 7) is 4.45. The van der Waals surface area contributed by atoms with Crippen molar-refractivity contribution in [3.63, 3.8) is 0 Å². The Balaban J connectivity index is 1.19. The Hall–Kier alpha value is -5.37. The van der Waals surface area contributed by atoms with Crippen molar-refractivity contribution in [2.75, 3.05) is 19.0 Å². The maximum absolute atomic E-state index is 13.6. The summed E-state index contributed by atoms with van der Waals surface area (Å²) in [5, 5.41) is 11.1. The van der Waals surface area contributed by atoms with Crippen LogP contribution < -0.4 is 10.6 Å². The number of likely N-dealkylation sites (tertiary alicyclic amines) is 1. The summed E-state index contributed by atoms with van der Waals surface area (Å²) >= 11 is 0. The Labute approximate surface area is 267 Å². The van der Waals surface area contributed by atoms with E-state index in [1.807, 2.05) is 43.0 Å². The number of fused-ring (bicyclic) bond motifs is 4. The molecule has 0 bridgehead atoms. The molecule has 1 aliphatic heterocycles. The first-order valence-electron chi connectivity index (χ1n) is 15.8. The lowest BCUT2D eigenvalue weighted by Crippen LogP contribution is -2.51. The number of imidazole rings is 1. The summed E-state index contributed by atoms with van der Waals surface area (Å²) in [5.74, 6) is 0.564. The Kier molecular flexibility index (Phi) is 7.78. The van der Waals surface area contributed by atoms with Gasteiger partial charge < -0.3 is 25.3 Å². The number of methoxy groups -OCH3 is 1. The normalized spacial score (nSPS) is 15.5. The van der Waals surface area contributed by atoms with Crippen LogP contribution in [0.1, 0.15) is 38.6 Å². The number of nitrogens with zero attached hydrogens (tertiary/aromatic N) is 2. The van der Waals surface area contributed by atoms with Crippen LogP contribution in [0.15, 0.2) is 97.1 Å². The molecule has 3 N–H and O–H groups in total. The summed E-state index contributed by atoms with van der Waals surface area (Å²) in [6, 6.07) is 33.0. The van der Waals surface area contributed by atoms with Gasteiger partial charge in [-0.05, 0) is 82.4 Å². The molecule has 0 unspecified atom stereocenters. The van der Waals surface area contributed by atoms with Crippen LogP contribution in [-0.4, -0.2) is 46.6 Å². The van der Waals surface area contributed by atoms with E-state index in [9.17, 15) is 9.59 Å². The Morgan fingerprint density at radius 1 is 0.913 bits per heavy atom. The molecule has 0 saturated carbocycles. The number of ether oxygens (including phenoxy) is 1. The molecule has 6 aromatic rings. The van der Waals surface area contributed by atoms with Gasteiger partial charge in [-0.2, -0.15) is 0 Å². The third kappa shape index (κ3) is 5.51. The average molecular weight is 612 g/mol. The Bertz CT molecular complexity index is 2070. The quantitative estimate of drug-likeness (QED) is 0.158. The number of benzene rings is 5. The first-order valence-corrected chi connectivity index (χ1v) is 15.8. The van der Waals surface area contributed by atoms with Crippen LogP contribution in [0, 0.1) is 5.92 Å². The van der Waals surface area contributed by atoms with E-state index in [0.29, 0.717) is 6.54 Å². The molecule has 0 aliphatic carbocycles. The van der Waals surface area contributed by atoms with E-state index >= 15 is 0 Å². The zero-order valence-electron chi connectivity index (χ0n) is 26.2. The van der Waals surface area contributed by atoms with Gasteiger partial charge in [-0.15, -0.1) is 0 Å². The topological polar surface area (TPSA) is 99.3 Å². The lowest BCUT2D eigenvalue weighted by atomic mass is 9.96. The first-order chi connectivity index (χ1) is 22.4. The number of nitrogens with one attached hydrogen (secondary N) is 3. The van der Waals surface area contributed by atoms with E-state index in [1.54, 1.807) is 0 Å². The fraction of sp³-hybridized carbons (Fsp3) is 0.237. The average Bonchev–Trinajstić information content (AvgIpc) is 3.74. The number of aromatic amines is 1. The molecule has 7 rings (SSSR count). The fourth-order valence-corrected chi connectivity index (χ4v) is 6.64. The summed E-state index contributed by atoms with van der Waals surface area (Å²) in [4.78, 5) is 35.8. The molecule has 8 heteroatoms. The van der Waals surface area contributed by atoms with E-state index in [0.717, 1.165) is 57.6 Å². The van der Waals surface area contributed by atoms with Crippen molar-refractivity contribution < 1.29 is 14.3 Å². The van der Waals surface area contributed by atoms with E-state index < -0.39 is 12.1 Å². The maximum Gasteiger partial charge on any atom is 0.407 e. The van der Waals surface area contributed by atoms with Gasteiger partial charge in [0.25, 0.3) is 0 Å². The molecule has 1 fully saturated rings. The lowest BCUT2D eigenvalue weighted by Gasteiger charge is -2.29. The molecular weight excluding hydrogens is 574 g/mol. The van der Waals surface area contributed by atoms with Crippen molar-refractivity contribution in [3.05, 3.63) is 103 Å². The number of anilines is 2. The van der Waals surface area contributed by atoms with Crippen LogP contribution in [0.4, 0.5) is 16.2 Å². The van der Waals surface area contributed by atoms with Crippen molar-refractivity contribution >= 4 is 56.0 Å². The predicted molar refractivity (Wildman–Crippen MR) is 184 cm³/mol. The molecule has 0 spiro atoms. The number of amides is 2. The van der Waals surface area contributed by atoms with Crippen molar-refractivity contribution in [2.45, 2.75) is 38.8 Å². The summed E-state index contributed by atoms with van der Waals surface area (Å²) in [5.41, 5.74) is 6.11. The molecule has 2 heterocycles. The lowest BCUT2D eigenvalue weighted by molar-refractivity contribution is -0.135. The predicted octanol–water partition coefficient (Wildman–Crippen LogP) is 8.32. The molecule has 5 aromatic carbocycles. The largest absolute Gasteiger partial charge is 0.453 e. The SMILES string of the molecule is COC(=O)N[C@H](C(=O)N1CCC[C@H]1c1nc2ccc(-c3ccc4c(ccc5cccc(Nc6ccccc6)c54)c3)cc2[nH]1)C(C)C. The highest BCUT2D eigenvalue weighted by Gasteiger charge is 2.37. The highest BCUT2D eigenvalue weighted by atomic mass is 16.5. The highest BCUT2D eigenvalue weighted by molar-refractivity contribution is 6.14. The minimum atomic E-state index is -0.667. The van der Waals surface area contributed by atoms with Crippen LogP contribution in [0.25, 0.3) is 43.7 Å². The van der Waals surface area contributed by atoms with Gasteiger partial charge in [0.15, 0.2) is 0 Å². The summed E-state index contributed by atoms with van der Waals surface area (Å²) in [7, 11) is 1.30. The first kappa shape index (κ1) is 29.3. The van der Waals surface area contributed by atoms with E-state index in [4.69, 9.17) is 9.72 Å².